The maximum atomic E-state index is 2.53. The van der Waals surface area contributed by atoms with Crippen molar-refractivity contribution in [2.45, 2.75) is 196 Å². The highest BCUT2D eigenvalue weighted by Gasteiger charge is 2.42. The molecule has 0 saturated carbocycles. The fourth-order valence-electron chi connectivity index (χ4n) is 9.61. The van der Waals surface area contributed by atoms with Crippen LogP contribution in [0.2, 0.25) is 0 Å². The largest absolute Gasteiger partial charge is 0.310 e. The van der Waals surface area contributed by atoms with Crippen LogP contribution in [-0.4, -0.2) is 0 Å². The van der Waals surface area contributed by atoms with Crippen LogP contribution in [0.4, 0.5) is 17.1 Å². The normalized spacial score (nSPS) is 13.1. The van der Waals surface area contributed by atoms with E-state index in [1.165, 1.54) is 157 Å². The molecule has 0 bridgehead atoms. The van der Waals surface area contributed by atoms with E-state index in [0.29, 0.717) is 0 Å². The second kappa shape index (κ2) is 21.3. The van der Waals surface area contributed by atoms with Crippen LogP contribution in [0.5, 0.6) is 0 Å². The molecule has 0 fully saturated rings. The average molecular weight is 818 g/mol. The van der Waals surface area contributed by atoms with Crippen LogP contribution >= 0.6 is 0 Å². The lowest BCUT2D eigenvalue weighted by atomic mass is 9.70. The zero-order chi connectivity index (χ0) is 44.4. The Balaban J connectivity index is 0.000000231. The maximum Gasteiger partial charge on any atom is 0.0467 e. The Morgan fingerprint density at radius 2 is 0.770 bits per heavy atom. The van der Waals surface area contributed by atoms with Crippen LogP contribution in [0, 0.1) is 34.6 Å². The van der Waals surface area contributed by atoms with Gasteiger partial charge in [0, 0.05) is 22.5 Å². The zero-order valence-corrected chi connectivity index (χ0v) is 41.1. The lowest BCUT2D eigenvalue weighted by molar-refractivity contribution is 0.397. The van der Waals surface area contributed by atoms with Crippen LogP contribution < -0.4 is 4.90 Å². The van der Waals surface area contributed by atoms with Crippen LogP contribution in [0.25, 0.3) is 11.1 Å². The Hall–Kier alpha value is -4.10. The van der Waals surface area contributed by atoms with Crippen molar-refractivity contribution in [1.82, 2.24) is 0 Å². The molecule has 6 rings (SSSR count). The summed E-state index contributed by atoms with van der Waals surface area (Å²) in [5, 5.41) is 0. The van der Waals surface area contributed by atoms with Crippen LogP contribution in [-0.2, 0) is 16.2 Å². The quantitative estimate of drug-likeness (QED) is 0.0845. The van der Waals surface area contributed by atoms with Gasteiger partial charge in [-0.1, -0.05) is 204 Å². The number of aryl methyl sites for hydroxylation is 4. The van der Waals surface area contributed by atoms with E-state index in [9.17, 15) is 0 Å². The summed E-state index contributed by atoms with van der Waals surface area (Å²) in [5.41, 5.74) is 20.0. The molecule has 1 aliphatic rings. The van der Waals surface area contributed by atoms with Gasteiger partial charge in [0.25, 0.3) is 0 Å². The molecule has 5 aromatic rings. The maximum absolute atomic E-state index is 2.53. The van der Waals surface area contributed by atoms with Crippen molar-refractivity contribution in [3.8, 4) is 11.1 Å². The second-order valence-corrected chi connectivity index (χ2v) is 20.8. The highest BCUT2D eigenvalue weighted by molar-refractivity contribution is 5.82. The molecule has 328 valence electrons. The molecule has 0 spiro atoms. The summed E-state index contributed by atoms with van der Waals surface area (Å²) in [6.07, 6.45) is 19.2. The average Bonchev–Trinajstić information content (AvgIpc) is 3.47. The molecular formula is C60H83N. The second-order valence-electron chi connectivity index (χ2n) is 20.8. The Labute approximate surface area is 374 Å². The summed E-state index contributed by atoms with van der Waals surface area (Å²) in [5.74, 6) is 0. The van der Waals surface area contributed by atoms with Gasteiger partial charge in [-0.15, -0.1) is 0 Å². The van der Waals surface area contributed by atoms with Gasteiger partial charge in [0.05, 0.1) is 0 Å². The van der Waals surface area contributed by atoms with E-state index in [-0.39, 0.29) is 16.2 Å². The first-order valence-corrected chi connectivity index (χ1v) is 24.3. The van der Waals surface area contributed by atoms with Gasteiger partial charge in [-0.05, 0) is 145 Å². The summed E-state index contributed by atoms with van der Waals surface area (Å²) in [4.78, 5) is 2.37. The Morgan fingerprint density at radius 3 is 1.13 bits per heavy atom. The third kappa shape index (κ3) is 12.1. The van der Waals surface area contributed by atoms with Crippen molar-refractivity contribution in [3.63, 3.8) is 0 Å². The van der Waals surface area contributed by atoms with E-state index < -0.39 is 0 Å². The van der Waals surface area contributed by atoms with Crippen molar-refractivity contribution in [2.24, 2.45) is 0 Å². The van der Waals surface area contributed by atoms with Crippen molar-refractivity contribution in [3.05, 3.63) is 147 Å². The first kappa shape index (κ1) is 47.9. The number of hydrogen-bond donors (Lipinski definition) is 0. The highest BCUT2D eigenvalue weighted by atomic mass is 15.1. The number of nitrogens with zero attached hydrogens (tertiary/aromatic N) is 1. The number of fused-ring (bicyclic) bond motifs is 3. The van der Waals surface area contributed by atoms with Gasteiger partial charge in [0.1, 0.15) is 0 Å². The Bertz CT molecular complexity index is 1980. The number of unbranched alkanes of at least 4 members (excludes halogenated alkanes) is 10. The number of anilines is 3. The van der Waals surface area contributed by atoms with Crippen LogP contribution in [0.15, 0.2) is 97.1 Å². The fraction of sp³-hybridized carbons (Fsp3) is 0.500. The van der Waals surface area contributed by atoms with Crippen LogP contribution in [0.1, 0.15) is 195 Å². The van der Waals surface area contributed by atoms with Crippen LogP contribution in [0.3, 0.4) is 0 Å². The molecule has 0 atom stereocenters. The van der Waals surface area contributed by atoms with E-state index in [2.05, 4.69) is 192 Å². The molecule has 0 N–H and O–H groups in total. The van der Waals surface area contributed by atoms with E-state index >= 15 is 0 Å². The number of rotatable bonds is 17. The van der Waals surface area contributed by atoms with Crippen molar-refractivity contribution in [1.29, 1.82) is 0 Å². The lowest BCUT2D eigenvalue weighted by Gasteiger charge is -2.33. The number of benzene rings is 5. The van der Waals surface area contributed by atoms with Gasteiger partial charge in [0.2, 0.25) is 0 Å². The summed E-state index contributed by atoms with van der Waals surface area (Å²) in [7, 11) is 0. The molecule has 1 heteroatoms. The monoisotopic (exact) mass is 818 g/mol. The van der Waals surface area contributed by atoms with E-state index in [4.69, 9.17) is 0 Å². The third-order valence-corrected chi connectivity index (χ3v) is 13.7. The van der Waals surface area contributed by atoms with Gasteiger partial charge in [0.15, 0.2) is 0 Å². The minimum absolute atomic E-state index is 0.148. The lowest BCUT2D eigenvalue weighted by Crippen LogP contribution is -2.25. The first-order chi connectivity index (χ1) is 29.0. The van der Waals surface area contributed by atoms with E-state index in [1.807, 2.05) is 0 Å². The predicted octanol–water partition coefficient (Wildman–Crippen LogP) is 18.7. The van der Waals surface area contributed by atoms with Crippen molar-refractivity contribution < 1.29 is 0 Å². The topological polar surface area (TPSA) is 3.24 Å². The molecule has 0 amide bonds. The van der Waals surface area contributed by atoms with Gasteiger partial charge in [-0.25, -0.2) is 0 Å². The molecule has 0 radical (unpaired) electrons. The molecule has 0 aromatic heterocycles. The molecule has 0 aliphatic heterocycles. The molecule has 0 heterocycles. The minimum atomic E-state index is 0.148. The fourth-order valence-corrected chi connectivity index (χ4v) is 9.61. The smallest absolute Gasteiger partial charge is 0.0467 e. The summed E-state index contributed by atoms with van der Waals surface area (Å²) in [6, 6.07) is 37.2. The van der Waals surface area contributed by atoms with Gasteiger partial charge < -0.3 is 4.90 Å². The summed E-state index contributed by atoms with van der Waals surface area (Å²) < 4.78 is 0. The molecule has 0 unspecified atom stereocenters. The molecule has 1 nitrogen and oxygen atoms in total. The Kier molecular flexibility index (Phi) is 16.8. The molecule has 5 aromatic carbocycles. The summed E-state index contributed by atoms with van der Waals surface area (Å²) in [6.45, 7) is 29.3. The van der Waals surface area contributed by atoms with E-state index in [1.54, 1.807) is 11.1 Å². The SMILES string of the molecule is CCCCCCCCC1(CCCCCCCC)c2cc(C)ccc2-c2ccc(C)cc21.Cc1cc(N(c2ccc(C(C)(C)C)cc2)c2ccc(C(C)(C)C)cc2)cc(C)c1C. The van der Waals surface area contributed by atoms with Gasteiger partial charge in [-0.3, -0.25) is 0 Å². The molecule has 61 heavy (non-hydrogen) atoms. The minimum Gasteiger partial charge on any atom is -0.310 e. The molecule has 0 saturated heterocycles. The number of hydrogen-bond acceptors (Lipinski definition) is 1. The van der Waals surface area contributed by atoms with E-state index in [0.717, 1.165) is 0 Å². The van der Waals surface area contributed by atoms with Gasteiger partial charge in [-0.2, -0.15) is 0 Å². The Morgan fingerprint density at radius 1 is 0.410 bits per heavy atom. The van der Waals surface area contributed by atoms with Crippen molar-refractivity contribution >= 4 is 17.1 Å². The highest BCUT2D eigenvalue weighted by Crippen LogP contribution is 2.54. The first-order valence-electron chi connectivity index (χ1n) is 24.3. The zero-order valence-electron chi connectivity index (χ0n) is 41.1. The molecular weight excluding hydrogens is 735 g/mol. The van der Waals surface area contributed by atoms with Crippen molar-refractivity contribution in [2.75, 3.05) is 4.90 Å². The van der Waals surface area contributed by atoms with Gasteiger partial charge >= 0.3 is 0 Å². The third-order valence-electron chi connectivity index (χ3n) is 13.7. The molecule has 1 aliphatic carbocycles. The standard InChI is InChI=1S/C31H46.C29H37N/c1-5-7-9-11-13-15-21-31(22-16-14-12-10-8-6-2)29-23-25(3)17-19-27(29)28-20-18-26(4)24-30(28)31;1-20-18-27(19-21(2)22(20)3)30(25-14-10-23(11-15-25)28(4,5)6)26-16-12-24(13-17-26)29(7,8)9/h17-20,23-24H,5-16,21-22H2,1-4H3;10-19H,1-9H3. The predicted molar refractivity (Wildman–Crippen MR) is 271 cm³/mol. The summed E-state index contributed by atoms with van der Waals surface area (Å²) >= 11 is 0.